The Bertz CT molecular complexity index is 692. The lowest BCUT2D eigenvalue weighted by Crippen LogP contribution is -2.25. The highest BCUT2D eigenvalue weighted by Crippen LogP contribution is 2.62. The Labute approximate surface area is 130 Å². The first kappa shape index (κ1) is 13.6. The van der Waals surface area contributed by atoms with Gasteiger partial charge in [-0.3, -0.25) is 9.79 Å². The van der Waals surface area contributed by atoms with Gasteiger partial charge in [-0.15, -0.1) is 0 Å². The number of hydrogen-bond donors (Lipinski definition) is 0. The Morgan fingerprint density at radius 2 is 2.27 bits per heavy atom. The fraction of sp³-hybridized carbons (Fsp3) is 0.444. The van der Waals surface area contributed by atoms with Crippen LogP contribution in [0.3, 0.4) is 0 Å². The minimum atomic E-state index is 0.128. The number of allylic oxidation sites excluding steroid dienone is 2. The summed E-state index contributed by atoms with van der Waals surface area (Å²) < 4.78 is 5.91. The molecule has 22 heavy (non-hydrogen) atoms. The largest absolute Gasteiger partial charge is 0.493 e. The molecule has 0 N–H and O–H groups in total. The van der Waals surface area contributed by atoms with E-state index in [9.17, 15) is 4.79 Å². The highest BCUT2D eigenvalue weighted by Gasteiger charge is 2.56. The van der Waals surface area contributed by atoms with Gasteiger partial charge in [0.15, 0.2) is 0 Å². The standard InChI is InChI=1S/C18H20N2O2/c1-3-16(21)20(2)11-6-7-15-12(9-11)17-13(10-22-15)18(17)14-5-4-8-19-14/h5-9,13,17-18H,3-4,10H2,1-2H3/t13-,17+,18-/m0/s1. The van der Waals surface area contributed by atoms with E-state index in [4.69, 9.17) is 4.74 Å². The molecule has 0 radical (unpaired) electrons. The van der Waals surface area contributed by atoms with E-state index in [1.807, 2.05) is 32.3 Å². The summed E-state index contributed by atoms with van der Waals surface area (Å²) in [6.07, 6.45) is 5.66. The Kier molecular flexibility index (Phi) is 3.06. The van der Waals surface area contributed by atoms with Gasteiger partial charge in [0.05, 0.1) is 6.61 Å². The van der Waals surface area contributed by atoms with E-state index in [1.165, 1.54) is 11.3 Å². The molecule has 0 bridgehead atoms. The van der Waals surface area contributed by atoms with Crippen LogP contribution in [0.1, 0.15) is 31.2 Å². The molecule has 114 valence electrons. The maximum absolute atomic E-state index is 11.9. The van der Waals surface area contributed by atoms with Crippen LogP contribution < -0.4 is 9.64 Å². The molecule has 0 unspecified atom stereocenters. The molecule has 2 aliphatic heterocycles. The van der Waals surface area contributed by atoms with E-state index in [1.54, 1.807) is 4.90 Å². The number of amides is 1. The molecule has 2 heterocycles. The molecule has 0 spiro atoms. The van der Waals surface area contributed by atoms with Crippen LogP contribution in [-0.4, -0.2) is 25.8 Å². The Morgan fingerprint density at radius 1 is 1.41 bits per heavy atom. The number of carbonyl (C=O) groups is 1. The quantitative estimate of drug-likeness (QED) is 0.860. The van der Waals surface area contributed by atoms with Crippen molar-refractivity contribution in [2.24, 2.45) is 16.8 Å². The molecular weight excluding hydrogens is 276 g/mol. The average Bonchev–Trinajstić information content (AvgIpc) is 3.05. The van der Waals surface area contributed by atoms with Crippen molar-refractivity contribution in [1.29, 1.82) is 0 Å². The summed E-state index contributed by atoms with van der Waals surface area (Å²) in [5.74, 6) is 2.62. The van der Waals surface area contributed by atoms with Gasteiger partial charge < -0.3 is 9.64 Å². The molecule has 1 aromatic carbocycles. The monoisotopic (exact) mass is 296 g/mol. The smallest absolute Gasteiger partial charge is 0.226 e. The Hall–Kier alpha value is -2.10. The van der Waals surface area contributed by atoms with Crippen molar-refractivity contribution >= 4 is 17.8 Å². The van der Waals surface area contributed by atoms with Crippen LogP contribution in [0.25, 0.3) is 0 Å². The predicted molar refractivity (Wildman–Crippen MR) is 86.6 cm³/mol. The topological polar surface area (TPSA) is 41.9 Å². The number of rotatable bonds is 3. The molecule has 0 saturated heterocycles. The van der Waals surface area contributed by atoms with Gasteiger partial charge in [-0.05, 0) is 18.2 Å². The molecule has 4 heteroatoms. The van der Waals surface area contributed by atoms with Gasteiger partial charge in [-0.25, -0.2) is 0 Å². The van der Waals surface area contributed by atoms with Gasteiger partial charge in [0.25, 0.3) is 0 Å². The van der Waals surface area contributed by atoms with E-state index in [2.05, 4.69) is 17.1 Å². The van der Waals surface area contributed by atoms with E-state index >= 15 is 0 Å². The molecule has 4 nitrogen and oxygen atoms in total. The molecule has 1 saturated carbocycles. The van der Waals surface area contributed by atoms with Crippen LogP contribution >= 0.6 is 0 Å². The van der Waals surface area contributed by atoms with Crippen molar-refractivity contribution in [2.75, 3.05) is 18.6 Å². The molecule has 3 aliphatic rings. The Balaban J connectivity index is 1.65. The number of carbonyl (C=O) groups excluding carboxylic acids is 1. The van der Waals surface area contributed by atoms with Gasteiger partial charge >= 0.3 is 0 Å². The summed E-state index contributed by atoms with van der Waals surface area (Å²) >= 11 is 0. The zero-order valence-electron chi connectivity index (χ0n) is 13.0. The SMILES string of the molecule is CCC(=O)N(C)c1ccc2c(c1)[C@@H]1[C@H](CO2)[C@H]1C1=CCC=N1. The first-order valence-electron chi connectivity index (χ1n) is 7.96. The van der Waals surface area contributed by atoms with Crippen molar-refractivity contribution < 1.29 is 9.53 Å². The number of aliphatic imine (C=N–C) groups is 1. The van der Waals surface area contributed by atoms with E-state index in [0.29, 0.717) is 24.2 Å². The van der Waals surface area contributed by atoms with Gasteiger partial charge in [0.2, 0.25) is 5.91 Å². The van der Waals surface area contributed by atoms with Gasteiger partial charge in [-0.1, -0.05) is 13.0 Å². The third-order valence-corrected chi connectivity index (χ3v) is 5.03. The van der Waals surface area contributed by atoms with Gasteiger partial charge in [0.1, 0.15) is 5.75 Å². The normalized spacial score (nSPS) is 27.5. The van der Waals surface area contributed by atoms with E-state index in [-0.39, 0.29) is 5.91 Å². The van der Waals surface area contributed by atoms with Crippen molar-refractivity contribution in [3.8, 4) is 5.75 Å². The molecular formula is C18H20N2O2. The van der Waals surface area contributed by atoms with E-state index in [0.717, 1.165) is 24.5 Å². The number of fused-ring (bicyclic) bond motifs is 3. The summed E-state index contributed by atoms with van der Waals surface area (Å²) in [5.41, 5.74) is 3.40. The van der Waals surface area contributed by atoms with Gasteiger partial charge in [0, 0.05) is 60.8 Å². The van der Waals surface area contributed by atoms with Crippen molar-refractivity contribution in [1.82, 2.24) is 0 Å². The second kappa shape index (κ2) is 4.97. The molecule has 4 rings (SSSR count). The van der Waals surface area contributed by atoms with Crippen LogP contribution in [0.5, 0.6) is 5.75 Å². The fourth-order valence-corrected chi connectivity index (χ4v) is 3.72. The number of benzene rings is 1. The highest BCUT2D eigenvalue weighted by molar-refractivity contribution is 5.92. The zero-order valence-corrected chi connectivity index (χ0v) is 13.0. The minimum Gasteiger partial charge on any atom is -0.493 e. The van der Waals surface area contributed by atoms with Crippen LogP contribution in [-0.2, 0) is 4.79 Å². The van der Waals surface area contributed by atoms with Crippen molar-refractivity contribution in [2.45, 2.75) is 25.7 Å². The third kappa shape index (κ3) is 1.97. The van der Waals surface area contributed by atoms with Crippen molar-refractivity contribution in [3.63, 3.8) is 0 Å². The molecule has 1 fully saturated rings. The lowest BCUT2D eigenvalue weighted by molar-refractivity contribution is -0.118. The first-order chi connectivity index (χ1) is 10.7. The van der Waals surface area contributed by atoms with E-state index < -0.39 is 0 Å². The number of hydrogen-bond acceptors (Lipinski definition) is 3. The van der Waals surface area contributed by atoms with Crippen LogP contribution in [0.4, 0.5) is 5.69 Å². The fourth-order valence-electron chi connectivity index (χ4n) is 3.72. The molecule has 1 aromatic rings. The highest BCUT2D eigenvalue weighted by atomic mass is 16.5. The molecule has 0 aromatic heterocycles. The van der Waals surface area contributed by atoms with Crippen molar-refractivity contribution in [3.05, 3.63) is 35.5 Å². The second-order valence-corrected chi connectivity index (χ2v) is 6.23. The predicted octanol–water partition coefficient (Wildman–Crippen LogP) is 3.14. The lowest BCUT2D eigenvalue weighted by Gasteiger charge is -2.21. The average molecular weight is 296 g/mol. The number of nitrogens with zero attached hydrogens (tertiary/aromatic N) is 2. The second-order valence-electron chi connectivity index (χ2n) is 6.23. The summed E-state index contributed by atoms with van der Waals surface area (Å²) in [7, 11) is 1.84. The Morgan fingerprint density at radius 3 is 3.00 bits per heavy atom. The molecule has 1 aliphatic carbocycles. The first-order valence-corrected chi connectivity index (χ1v) is 7.96. The number of ether oxygens (including phenoxy) is 1. The summed E-state index contributed by atoms with van der Waals surface area (Å²) in [4.78, 5) is 18.2. The van der Waals surface area contributed by atoms with Crippen LogP contribution in [0, 0.1) is 11.8 Å². The van der Waals surface area contributed by atoms with Gasteiger partial charge in [-0.2, -0.15) is 0 Å². The van der Waals surface area contributed by atoms with Crippen LogP contribution in [0.15, 0.2) is 35.0 Å². The summed E-state index contributed by atoms with van der Waals surface area (Å²) in [6.45, 7) is 2.66. The van der Waals surface area contributed by atoms with Crippen LogP contribution in [0.2, 0.25) is 0 Å². The molecule has 1 amide bonds. The minimum absolute atomic E-state index is 0.128. The maximum Gasteiger partial charge on any atom is 0.226 e. The summed E-state index contributed by atoms with van der Waals surface area (Å²) in [6, 6.07) is 6.10. The molecule has 3 atom stereocenters. The summed E-state index contributed by atoms with van der Waals surface area (Å²) in [5, 5.41) is 0. The third-order valence-electron chi connectivity index (χ3n) is 5.03. The lowest BCUT2D eigenvalue weighted by atomic mass is 10.0. The number of anilines is 1. The zero-order chi connectivity index (χ0) is 15.3. The maximum atomic E-state index is 11.9.